The topological polar surface area (TPSA) is 89.9 Å². The maximum atomic E-state index is 13.4. The van der Waals surface area contributed by atoms with E-state index >= 15 is 0 Å². The number of hydrogen-bond donors (Lipinski definition) is 3. The standard InChI is InChI=1S/C14H16FN5S/c15-9-1-4-11(8(5-9)7-18-10-2-3-10)21-14-19-12(16)6-13(17)20-14/h1,4-6,10,18H,2-3,7H2,(H4,16,17,19,20). The number of nitrogens with zero attached hydrogens (tertiary/aromatic N) is 2. The largest absolute Gasteiger partial charge is 0.383 e. The summed E-state index contributed by atoms with van der Waals surface area (Å²) >= 11 is 1.33. The van der Waals surface area contributed by atoms with Gasteiger partial charge >= 0.3 is 0 Å². The van der Waals surface area contributed by atoms with Crippen molar-refractivity contribution in [2.75, 3.05) is 11.5 Å². The molecule has 0 saturated heterocycles. The molecular weight excluding hydrogens is 289 g/mol. The Hall–Kier alpha value is -1.86. The first kappa shape index (κ1) is 14.1. The zero-order chi connectivity index (χ0) is 14.8. The van der Waals surface area contributed by atoms with E-state index < -0.39 is 0 Å². The lowest BCUT2D eigenvalue weighted by Gasteiger charge is -2.10. The molecule has 0 amide bonds. The summed E-state index contributed by atoms with van der Waals surface area (Å²) in [4.78, 5) is 9.17. The minimum atomic E-state index is -0.250. The van der Waals surface area contributed by atoms with E-state index in [0.717, 1.165) is 10.5 Å². The fourth-order valence-corrected chi connectivity index (χ4v) is 2.83. The minimum Gasteiger partial charge on any atom is -0.383 e. The molecule has 1 heterocycles. The number of nitrogen functional groups attached to an aromatic ring is 2. The Morgan fingerprint density at radius 1 is 1.19 bits per heavy atom. The van der Waals surface area contributed by atoms with E-state index in [0.29, 0.717) is 29.4 Å². The fraction of sp³-hybridized carbons (Fsp3) is 0.286. The van der Waals surface area contributed by atoms with Crippen LogP contribution in [0.1, 0.15) is 18.4 Å². The number of halogens is 1. The number of anilines is 2. The highest BCUT2D eigenvalue weighted by Crippen LogP contribution is 2.30. The van der Waals surface area contributed by atoms with Gasteiger partial charge in [-0.2, -0.15) is 0 Å². The molecule has 0 atom stereocenters. The average Bonchev–Trinajstić information content (AvgIpc) is 3.22. The third-order valence-corrected chi connectivity index (χ3v) is 4.11. The van der Waals surface area contributed by atoms with Gasteiger partial charge in [0.15, 0.2) is 5.16 Å². The molecular formula is C14H16FN5S. The molecule has 0 aliphatic heterocycles. The van der Waals surface area contributed by atoms with E-state index in [2.05, 4.69) is 15.3 Å². The SMILES string of the molecule is Nc1cc(N)nc(Sc2ccc(F)cc2CNC2CC2)n1. The van der Waals surface area contributed by atoms with E-state index in [4.69, 9.17) is 11.5 Å². The van der Waals surface area contributed by atoms with Crippen molar-refractivity contribution in [3.05, 3.63) is 35.6 Å². The highest BCUT2D eigenvalue weighted by Gasteiger charge is 2.20. The van der Waals surface area contributed by atoms with E-state index in [1.807, 2.05) is 0 Å². The molecule has 21 heavy (non-hydrogen) atoms. The molecule has 0 unspecified atom stereocenters. The molecule has 7 heteroatoms. The third-order valence-electron chi connectivity index (χ3n) is 3.13. The van der Waals surface area contributed by atoms with Crippen LogP contribution in [0.2, 0.25) is 0 Å². The van der Waals surface area contributed by atoms with Crippen LogP contribution in [-0.4, -0.2) is 16.0 Å². The van der Waals surface area contributed by atoms with Gasteiger partial charge in [0.25, 0.3) is 0 Å². The highest BCUT2D eigenvalue weighted by molar-refractivity contribution is 7.99. The molecule has 1 aliphatic rings. The highest BCUT2D eigenvalue weighted by atomic mass is 32.2. The summed E-state index contributed by atoms with van der Waals surface area (Å²) in [5, 5.41) is 3.84. The monoisotopic (exact) mass is 305 g/mol. The van der Waals surface area contributed by atoms with Crippen molar-refractivity contribution in [3.63, 3.8) is 0 Å². The van der Waals surface area contributed by atoms with E-state index in [-0.39, 0.29) is 5.82 Å². The van der Waals surface area contributed by atoms with Gasteiger partial charge in [-0.1, -0.05) is 0 Å². The zero-order valence-corrected chi connectivity index (χ0v) is 12.2. The Morgan fingerprint density at radius 3 is 2.57 bits per heavy atom. The first-order chi connectivity index (χ1) is 10.1. The average molecular weight is 305 g/mol. The molecule has 2 aromatic rings. The fourth-order valence-electron chi connectivity index (χ4n) is 1.93. The molecule has 0 spiro atoms. The Morgan fingerprint density at radius 2 is 1.90 bits per heavy atom. The van der Waals surface area contributed by atoms with Crippen LogP contribution < -0.4 is 16.8 Å². The predicted octanol–water partition coefficient (Wildman–Crippen LogP) is 2.18. The molecule has 5 nitrogen and oxygen atoms in total. The Labute approximate surface area is 126 Å². The number of nitrogens with one attached hydrogen (secondary N) is 1. The Balaban J connectivity index is 1.82. The maximum absolute atomic E-state index is 13.4. The van der Waals surface area contributed by atoms with Gasteiger partial charge in [-0.3, -0.25) is 0 Å². The quantitative estimate of drug-likeness (QED) is 0.734. The lowest BCUT2D eigenvalue weighted by molar-refractivity contribution is 0.616. The molecule has 5 N–H and O–H groups in total. The third kappa shape index (κ3) is 3.83. The van der Waals surface area contributed by atoms with Gasteiger partial charge in [0.1, 0.15) is 17.5 Å². The Bertz CT molecular complexity index is 640. The number of rotatable bonds is 5. The summed E-state index contributed by atoms with van der Waals surface area (Å²) in [6.07, 6.45) is 2.37. The second kappa shape index (κ2) is 5.87. The van der Waals surface area contributed by atoms with Gasteiger partial charge < -0.3 is 16.8 Å². The molecule has 0 bridgehead atoms. The van der Waals surface area contributed by atoms with Gasteiger partial charge in [-0.15, -0.1) is 0 Å². The first-order valence-electron chi connectivity index (χ1n) is 6.70. The lowest BCUT2D eigenvalue weighted by Crippen LogP contribution is -2.16. The Kier molecular flexibility index (Phi) is 3.94. The smallest absolute Gasteiger partial charge is 0.196 e. The lowest BCUT2D eigenvalue weighted by atomic mass is 10.2. The number of aromatic nitrogens is 2. The van der Waals surface area contributed by atoms with Crippen molar-refractivity contribution in [1.29, 1.82) is 0 Å². The van der Waals surface area contributed by atoms with Gasteiger partial charge in [-0.25, -0.2) is 14.4 Å². The van der Waals surface area contributed by atoms with E-state index in [9.17, 15) is 4.39 Å². The van der Waals surface area contributed by atoms with Crippen LogP contribution in [0.3, 0.4) is 0 Å². The molecule has 1 saturated carbocycles. The molecule has 1 aromatic carbocycles. The zero-order valence-electron chi connectivity index (χ0n) is 11.3. The van der Waals surface area contributed by atoms with Crippen LogP contribution in [0.15, 0.2) is 34.3 Å². The van der Waals surface area contributed by atoms with Crippen molar-refractivity contribution in [2.45, 2.75) is 35.5 Å². The maximum Gasteiger partial charge on any atom is 0.196 e. The predicted molar refractivity (Wildman–Crippen MR) is 81.2 cm³/mol. The second-order valence-corrected chi connectivity index (χ2v) is 6.02. The summed E-state index contributed by atoms with van der Waals surface area (Å²) < 4.78 is 13.4. The van der Waals surface area contributed by atoms with Gasteiger partial charge in [0.2, 0.25) is 0 Å². The molecule has 3 rings (SSSR count). The summed E-state index contributed by atoms with van der Waals surface area (Å²) in [6.45, 7) is 0.628. The van der Waals surface area contributed by atoms with Crippen molar-refractivity contribution < 1.29 is 4.39 Å². The first-order valence-corrected chi connectivity index (χ1v) is 7.51. The summed E-state index contributed by atoms with van der Waals surface area (Å²) in [6, 6.07) is 6.76. The van der Waals surface area contributed by atoms with Crippen LogP contribution in [0, 0.1) is 5.82 Å². The second-order valence-electron chi connectivity index (χ2n) is 5.01. The number of nitrogens with two attached hydrogens (primary N) is 2. The molecule has 1 aliphatic carbocycles. The summed E-state index contributed by atoms with van der Waals surface area (Å²) in [5.41, 5.74) is 12.2. The molecule has 1 fully saturated rings. The van der Waals surface area contributed by atoms with Gasteiger partial charge in [-0.05, 0) is 48.4 Å². The van der Waals surface area contributed by atoms with Crippen molar-refractivity contribution in [3.8, 4) is 0 Å². The van der Waals surface area contributed by atoms with Crippen molar-refractivity contribution >= 4 is 23.4 Å². The van der Waals surface area contributed by atoms with E-state index in [1.165, 1.54) is 42.8 Å². The van der Waals surface area contributed by atoms with Gasteiger partial charge in [0, 0.05) is 23.5 Å². The van der Waals surface area contributed by atoms with E-state index in [1.54, 1.807) is 6.07 Å². The van der Waals surface area contributed by atoms with Crippen LogP contribution in [0.5, 0.6) is 0 Å². The normalized spacial score (nSPS) is 14.3. The van der Waals surface area contributed by atoms with Crippen LogP contribution in [-0.2, 0) is 6.54 Å². The van der Waals surface area contributed by atoms with Gasteiger partial charge in [0.05, 0.1) is 0 Å². The van der Waals surface area contributed by atoms with Crippen LogP contribution in [0.25, 0.3) is 0 Å². The van der Waals surface area contributed by atoms with Crippen molar-refractivity contribution in [1.82, 2.24) is 15.3 Å². The van der Waals surface area contributed by atoms with Crippen molar-refractivity contribution in [2.24, 2.45) is 0 Å². The molecule has 110 valence electrons. The summed E-state index contributed by atoms with van der Waals surface area (Å²) in [7, 11) is 0. The number of benzene rings is 1. The minimum absolute atomic E-state index is 0.250. The van der Waals surface area contributed by atoms with Crippen LogP contribution >= 0.6 is 11.8 Å². The number of hydrogen-bond acceptors (Lipinski definition) is 6. The summed E-state index contributed by atoms with van der Waals surface area (Å²) in [5.74, 6) is 0.398. The van der Waals surface area contributed by atoms with Crippen LogP contribution in [0.4, 0.5) is 16.0 Å². The molecule has 1 aromatic heterocycles. The molecule has 0 radical (unpaired) electrons.